The van der Waals surface area contributed by atoms with Gasteiger partial charge in [-0.3, -0.25) is 9.59 Å². The van der Waals surface area contributed by atoms with Crippen LogP contribution in [-0.4, -0.2) is 37.9 Å². The molecule has 0 aromatic rings. The molecule has 0 bridgehead atoms. The number of carbonyl (C=O) groups excluding carboxylic acids is 2. The first-order chi connectivity index (χ1) is 29.6. The van der Waals surface area contributed by atoms with Crippen LogP contribution in [0.2, 0.25) is 0 Å². The Balaban J connectivity index is 4.02. The number of unbranched alkanes of at least 4 members (excludes halogenated alkanes) is 35. The molecule has 0 aliphatic rings. The zero-order valence-corrected chi connectivity index (χ0v) is 40.7. The van der Waals surface area contributed by atoms with Gasteiger partial charge in [0.15, 0.2) is 6.10 Å². The highest BCUT2D eigenvalue weighted by Gasteiger charge is 2.17. The van der Waals surface area contributed by atoms with Gasteiger partial charge in [-0.05, 0) is 70.6 Å². The van der Waals surface area contributed by atoms with Gasteiger partial charge in [-0.15, -0.1) is 0 Å². The van der Waals surface area contributed by atoms with Gasteiger partial charge in [0.25, 0.3) is 0 Å². The molecule has 5 heteroatoms. The van der Waals surface area contributed by atoms with Crippen LogP contribution in [0.25, 0.3) is 0 Å². The van der Waals surface area contributed by atoms with E-state index in [1.807, 2.05) is 0 Å². The van der Waals surface area contributed by atoms with Crippen LogP contribution in [0.4, 0.5) is 0 Å². The molecule has 1 atom stereocenters. The highest BCUT2D eigenvalue weighted by atomic mass is 16.6. The zero-order chi connectivity index (χ0) is 43.5. The summed E-state index contributed by atoms with van der Waals surface area (Å²) in [5, 5.41) is 0. The summed E-state index contributed by atoms with van der Waals surface area (Å²) < 4.78 is 17.3. The SMILES string of the molecule is CCCCCCCC/C=C\CCCCCCCCCCCC(=O)OCC(COCCCCCCCC)OC(=O)CCCCCCCCCCC/C=C\CCCCCCCC. The summed E-state index contributed by atoms with van der Waals surface area (Å²) >= 11 is 0. The Labute approximate surface area is 375 Å². The normalized spacial score (nSPS) is 12.2. The molecule has 0 rings (SSSR count). The Kier molecular flexibility index (Phi) is 50.3. The van der Waals surface area contributed by atoms with E-state index in [0.29, 0.717) is 26.1 Å². The quantitative estimate of drug-likeness (QED) is 0.0347. The fraction of sp³-hybridized carbons (Fsp3) is 0.891. The number of hydrogen-bond donors (Lipinski definition) is 0. The van der Waals surface area contributed by atoms with Crippen molar-refractivity contribution in [2.45, 2.75) is 297 Å². The van der Waals surface area contributed by atoms with Crippen molar-refractivity contribution in [2.75, 3.05) is 19.8 Å². The number of hydrogen-bond acceptors (Lipinski definition) is 5. The largest absolute Gasteiger partial charge is 0.462 e. The van der Waals surface area contributed by atoms with Gasteiger partial charge in [0.1, 0.15) is 6.61 Å². The second kappa shape index (κ2) is 51.7. The first-order valence-electron chi connectivity index (χ1n) is 26.9. The van der Waals surface area contributed by atoms with E-state index in [9.17, 15) is 9.59 Å². The Morgan fingerprint density at radius 1 is 0.350 bits per heavy atom. The smallest absolute Gasteiger partial charge is 0.306 e. The van der Waals surface area contributed by atoms with Crippen molar-refractivity contribution in [3.63, 3.8) is 0 Å². The van der Waals surface area contributed by atoms with Crippen LogP contribution < -0.4 is 0 Å². The third-order valence-corrected chi connectivity index (χ3v) is 12.0. The van der Waals surface area contributed by atoms with Gasteiger partial charge in [0.05, 0.1) is 6.61 Å². The Morgan fingerprint density at radius 2 is 0.650 bits per heavy atom. The van der Waals surface area contributed by atoms with Gasteiger partial charge < -0.3 is 14.2 Å². The first-order valence-corrected chi connectivity index (χ1v) is 26.9. The van der Waals surface area contributed by atoms with Crippen molar-refractivity contribution in [2.24, 2.45) is 0 Å². The Bertz CT molecular complexity index is 913. The van der Waals surface area contributed by atoms with Gasteiger partial charge in [-0.25, -0.2) is 0 Å². The summed E-state index contributed by atoms with van der Waals surface area (Å²) in [5.41, 5.74) is 0. The average molecular weight is 845 g/mol. The lowest BCUT2D eigenvalue weighted by Gasteiger charge is -2.18. The summed E-state index contributed by atoms with van der Waals surface area (Å²) in [6, 6.07) is 0. The van der Waals surface area contributed by atoms with E-state index in [4.69, 9.17) is 14.2 Å². The Hall–Kier alpha value is -1.62. The minimum atomic E-state index is -0.529. The van der Waals surface area contributed by atoms with Crippen LogP contribution in [0.5, 0.6) is 0 Å². The van der Waals surface area contributed by atoms with Crippen LogP contribution in [-0.2, 0) is 23.8 Å². The maximum Gasteiger partial charge on any atom is 0.306 e. The van der Waals surface area contributed by atoms with Crippen molar-refractivity contribution >= 4 is 11.9 Å². The number of carbonyl (C=O) groups is 2. The Morgan fingerprint density at radius 3 is 1.02 bits per heavy atom. The minimum Gasteiger partial charge on any atom is -0.462 e. The molecule has 0 aliphatic heterocycles. The third kappa shape index (κ3) is 49.0. The third-order valence-electron chi connectivity index (χ3n) is 12.0. The molecular weight excluding hydrogens is 741 g/mol. The van der Waals surface area contributed by atoms with Gasteiger partial charge in [-0.2, -0.15) is 0 Å². The zero-order valence-electron chi connectivity index (χ0n) is 40.7. The summed E-state index contributed by atoms with van der Waals surface area (Å²) in [4.78, 5) is 25.3. The van der Waals surface area contributed by atoms with E-state index in [-0.39, 0.29) is 18.5 Å². The molecule has 0 amide bonds. The highest BCUT2D eigenvalue weighted by molar-refractivity contribution is 5.70. The van der Waals surface area contributed by atoms with Gasteiger partial charge in [0.2, 0.25) is 0 Å². The van der Waals surface area contributed by atoms with Crippen molar-refractivity contribution in [1.82, 2.24) is 0 Å². The molecule has 0 heterocycles. The monoisotopic (exact) mass is 845 g/mol. The number of rotatable bonds is 50. The van der Waals surface area contributed by atoms with E-state index in [2.05, 4.69) is 45.1 Å². The number of esters is 2. The molecule has 0 aromatic heterocycles. The minimum absolute atomic E-state index is 0.0888. The van der Waals surface area contributed by atoms with Gasteiger partial charge in [0, 0.05) is 19.4 Å². The lowest BCUT2D eigenvalue weighted by Crippen LogP contribution is -2.30. The first kappa shape index (κ1) is 58.4. The van der Waals surface area contributed by atoms with Crippen LogP contribution in [0.3, 0.4) is 0 Å². The molecule has 0 saturated heterocycles. The van der Waals surface area contributed by atoms with E-state index in [0.717, 1.165) is 38.5 Å². The predicted molar refractivity (Wildman–Crippen MR) is 261 cm³/mol. The van der Waals surface area contributed by atoms with Gasteiger partial charge >= 0.3 is 11.9 Å². The molecule has 0 spiro atoms. The second-order valence-corrected chi connectivity index (χ2v) is 18.1. The fourth-order valence-corrected chi connectivity index (χ4v) is 7.91. The molecule has 0 fully saturated rings. The van der Waals surface area contributed by atoms with Crippen LogP contribution in [0.1, 0.15) is 290 Å². The van der Waals surface area contributed by atoms with Crippen molar-refractivity contribution in [1.29, 1.82) is 0 Å². The lowest BCUT2D eigenvalue weighted by molar-refractivity contribution is -0.163. The van der Waals surface area contributed by atoms with Crippen molar-refractivity contribution in [3.05, 3.63) is 24.3 Å². The van der Waals surface area contributed by atoms with E-state index in [1.165, 1.54) is 218 Å². The maximum absolute atomic E-state index is 12.8. The summed E-state index contributed by atoms with van der Waals surface area (Å²) in [5.74, 6) is -0.389. The maximum atomic E-state index is 12.8. The van der Waals surface area contributed by atoms with E-state index >= 15 is 0 Å². The second-order valence-electron chi connectivity index (χ2n) is 18.1. The summed E-state index contributed by atoms with van der Waals surface area (Å²) in [6.07, 6.45) is 60.6. The topological polar surface area (TPSA) is 61.8 Å². The van der Waals surface area contributed by atoms with Crippen molar-refractivity contribution < 1.29 is 23.8 Å². The van der Waals surface area contributed by atoms with Crippen LogP contribution >= 0.6 is 0 Å². The molecule has 60 heavy (non-hydrogen) atoms. The van der Waals surface area contributed by atoms with E-state index < -0.39 is 6.10 Å². The summed E-state index contributed by atoms with van der Waals surface area (Å²) in [7, 11) is 0. The number of ether oxygens (including phenoxy) is 3. The van der Waals surface area contributed by atoms with E-state index in [1.54, 1.807) is 0 Å². The fourth-order valence-electron chi connectivity index (χ4n) is 7.91. The molecule has 354 valence electrons. The average Bonchev–Trinajstić information content (AvgIpc) is 3.25. The lowest BCUT2D eigenvalue weighted by atomic mass is 10.1. The molecular formula is C55H104O5. The van der Waals surface area contributed by atoms with Crippen molar-refractivity contribution in [3.8, 4) is 0 Å². The molecule has 0 aliphatic carbocycles. The number of allylic oxidation sites excluding steroid dienone is 4. The standard InChI is InChI=1S/C55H104O5/c1-4-7-10-13-16-18-20-22-24-26-28-30-32-34-36-38-40-42-45-48-54(56)59-52-53(51-58-50-47-44-15-12-9-6-3)60-55(57)49-46-43-41-39-37-35-33-31-29-27-25-23-21-19-17-14-11-8-5-2/h22-25,53H,4-21,26-52H2,1-3H3/b24-22-,25-23-. The van der Waals surface area contributed by atoms with Gasteiger partial charge in [-0.1, -0.05) is 231 Å². The predicted octanol–water partition coefficient (Wildman–Crippen LogP) is 18.0. The molecule has 0 saturated carbocycles. The molecule has 0 aromatic carbocycles. The van der Waals surface area contributed by atoms with Crippen LogP contribution in [0, 0.1) is 0 Å². The molecule has 0 radical (unpaired) electrons. The summed E-state index contributed by atoms with van der Waals surface area (Å²) in [6.45, 7) is 7.83. The molecule has 1 unspecified atom stereocenters. The highest BCUT2D eigenvalue weighted by Crippen LogP contribution is 2.15. The van der Waals surface area contributed by atoms with Crippen LogP contribution in [0.15, 0.2) is 24.3 Å². The molecule has 0 N–H and O–H groups in total. The molecule has 5 nitrogen and oxygen atoms in total.